The number of sulfonamides is 1. The number of aryl methyl sites for hydroxylation is 2. The van der Waals surface area contributed by atoms with Crippen LogP contribution in [0.5, 0.6) is 0 Å². The van der Waals surface area contributed by atoms with Gasteiger partial charge in [0.25, 0.3) is 0 Å². The minimum Gasteiger partial charge on any atom is -0.207 e. The lowest BCUT2D eigenvalue weighted by Gasteiger charge is -2.21. The van der Waals surface area contributed by atoms with Crippen LogP contribution in [-0.2, 0) is 22.0 Å². The van der Waals surface area contributed by atoms with Gasteiger partial charge < -0.3 is 0 Å². The summed E-state index contributed by atoms with van der Waals surface area (Å²) in [5.74, 6) is 0. The number of nitrogens with zero attached hydrogens (tertiary/aromatic N) is 1. The molecule has 0 amide bonds. The summed E-state index contributed by atoms with van der Waals surface area (Å²) < 4.78 is 27.1. The Hall–Kier alpha value is -1.65. The van der Waals surface area contributed by atoms with E-state index in [0.29, 0.717) is 11.4 Å². The van der Waals surface area contributed by atoms with Crippen LogP contribution >= 0.6 is 0 Å². The Morgan fingerprint density at radius 2 is 1.54 bits per heavy atom. The van der Waals surface area contributed by atoms with Crippen molar-refractivity contribution < 1.29 is 8.42 Å². The van der Waals surface area contributed by atoms with E-state index in [0.717, 1.165) is 16.7 Å². The van der Waals surface area contributed by atoms with E-state index in [4.69, 9.17) is 0 Å². The summed E-state index contributed by atoms with van der Waals surface area (Å²) in [7, 11) is -1.86. The van der Waals surface area contributed by atoms with Crippen LogP contribution in [0.1, 0.15) is 43.0 Å². The summed E-state index contributed by atoms with van der Waals surface area (Å²) in [6, 6.07) is 13.7. The highest BCUT2D eigenvalue weighted by molar-refractivity contribution is 7.89. The average Bonchev–Trinajstić information content (AvgIpc) is 2.49. The Kier molecular flexibility index (Phi) is 5.21. The molecule has 0 heterocycles. The number of hydrogen-bond acceptors (Lipinski definition) is 2. The summed E-state index contributed by atoms with van der Waals surface area (Å²) in [6.45, 7) is 10.6. The van der Waals surface area contributed by atoms with Crippen LogP contribution in [0.15, 0.2) is 47.4 Å². The Bertz CT molecular complexity index is 816. The van der Waals surface area contributed by atoms with Gasteiger partial charge in [-0.2, -0.15) is 4.31 Å². The fourth-order valence-corrected chi connectivity index (χ4v) is 4.07. The standard InChI is InChI=1S/C20H27NO2S/c1-15-7-8-16(2)19(13-15)24(22,23)21(6)14-17-9-11-18(12-10-17)20(3,4)5/h7-13H,14H2,1-6H3. The van der Waals surface area contributed by atoms with Gasteiger partial charge in [0, 0.05) is 13.6 Å². The summed E-state index contributed by atoms with van der Waals surface area (Å²) in [4.78, 5) is 0.385. The highest BCUT2D eigenvalue weighted by Crippen LogP contribution is 2.24. The van der Waals surface area contributed by atoms with E-state index in [2.05, 4.69) is 32.9 Å². The maximum atomic E-state index is 12.9. The molecule has 0 radical (unpaired) electrons. The summed E-state index contributed by atoms with van der Waals surface area (Å²) >= 11 is 0. The first-order chi connectivity index (χ1) is 11.0. The molecule has 0 aliphatic heterocycles. The van der Waals surface area contributed by atoms with E-state index in [1.807, 2.05) is 38.1 Å². The smallest absolute Gasteiger partial charge is 0.207 e. The Labute approximate surface area is 146 Å². The normalized spacial score (nSPS) is 12.6. The molecule has 0 aliphatic rings. The highest BCUT2D eigenvalue weighted by atomic mass is 32.2. The molecule has 4 heteroatoms. The molecule has 0 aromatic heterocycles. The van der Waals surface area contributed by atoms with Gasteiger partial charge in [-0.3, -0.25) is 0 Å². The molecule has 2 aromatic carbocycles. The summed E-state index contributed by atoms with van der Waals surface area (Å²) in [6.07, 6.45) is 0. The second kappa shape index (κ2) is 6.69. The predicted molar refractivity (Wildman–Crippen MR) is 99.7 cm³/mol. The lowest BCUT2D eigenvalue weighted by Crippen LogP contribution is -2.27. The van der Waals surface area contributed by atoms with Crippen LogP contribution in [0, 0.1) is 13.8 Å². The lowest BCUT2D eigenvalue weighted by atomic mass is 9.87. The second-order valence-electron chi connectivity index (χ2n) is 7.48. The molecule has 0 saturated carbocycles. The van der Waals surface area contributed by atoms with E-state index in [1.54, 1.807) is 13.1 Å². The van der Waals surface area contributed by atoms with Gasteiger partial charge in [-0.15, -0.1) is 0 Å². The third-order valence-electron chi connectivity index (χ3n) is 4.26. The van der Waals surface area contributed by atoms with Gasteiger partial charge in [-0.1, -0.05) is 57.2 Å². The zero-order chi connectivity index (χ0) is 18.1. The van der Waals surface area contributed by atoms with Crippen molar-refractivity contribution in [2.45, 2.75) is 51.5 Å². The SMILES string of the molecule is Cc1ccc(C)c(S(=O)(=O)N(C)Cc2ccc(C(C)(C)C)cc2)c1. The minimum absolute atomic E-state index is 0.0924. The zero-order valence-electron chi connectivity index (χ0n) is 15.4. The van der Waals surface area contributed by atoms with Crippen molar-refractivity contribution in [1.29, 1.82) is 0 Å². The third-order valence-corrected chi connectivity index (χ3v) is 6.20. The molecule has 2 aromatic rings. The van der Waals surface area contributed by atoms with Gasteiger partial charge in [0.2, 0.25) is 10.0 Å². The van der Waals surface area contributed by atoms with Gasteiger partial charge >= 0.3 is 0 Å². The molecule has 0 spiro atoms. The quantitative estimate of drug-likeness (QED) is 0.822. The fourth-order valence-electron chi connectivity index (χ4n) is 2.61. The number of rotatable bonds is 4. The molecule has 24 heavy (non-hydrogen) atoms. The molecule has 3 nitrogen and oxygen atoms in total. The van der Waals surface area contributed by atoms with Crippen molar-refractivity contribution in [1.82, 2.24) is 4.31 Å². The van der Waals surface area contributed by atoms with Crippen LogP contribution in [-0.4, -0.2) is 19.8 Å². The van der Waals surface area contributed by atoms with Gasteiger partial charge in [-0.25, -0.2) is 8.42 Å². The minimum atomic E-state index is -3.50. The molecule has 0 atom stereocenters. The molecule has 2 rings (SSSR count). The first kappa shape index (κ1) is 18.7. The first-order valence-corrected chi connectivity index (χ1v) is 9.59. The molecule has 0 unspecified atom stereocenters. The molecular formula is C20H27NO2S. The Morgan fingerprint density at radius 1 is 0.958 bits per heavy atom. The fraction of sp³-hybridized carbons (Fsp3) is 0.400. The van der Waals surface area contributed by atoms with Crippen LogP contribution in [0.2, 0.25) is 0 Å². The molecule has 0 fully saturated rings. The highest BCUT2D eigenvalue weighted by Gasteiger charge is 2.23. The van der Waals surface area contributed by atoms with Gasteiger partial charge in [-0.05, 0) is 47.6 Å². The predicted octanol–water partition coefficient (Wildman–Crippen LogP) is 4.42. The average molecular weight is 346 g/mol. The monoisotopic (exact) mass is 345 g/mol. The van der Waals surface area contributed by atoms with Crippen LogP contribution < -0.4 is 0 Å². The molecule has 0 N–H and O–H groups in total. The van der Waals surface area contributed by atoms with E-state index in [9.17, 15) is 8.42 Å². The molecule has 0 saturated heterocycles. The Balaban J connectivity index is 2.25. The molecule has 130 valence electrons. The maximum absolute atomic E-state index is 12.9. The summed E-state index contributed by atoms with van der Waals surface area (Å²) in [5.41, 5.74) is 4.04. The van der Waals surface area contributed by atoms with Crippen LogP contribution in [0.4, 0.5) is 0 Å². The van der Waals surface area contributed by atoms with Crippen molar-refractivity contribution in [3.63, 3.8) is 0 Å². The first-order valence-electron chi connectivity index (χ1n) is 8.15. The van der Waals surface area contributed by atoms with Gasteiger partial charge in [0.15, 0.2) is 0 Å². The van der Waals surface area contributed by atoms with E-state index in [1.165, 1.54) is 9.87 Å². The zero-order valence-corrected chi connectivity index (χ0v) is 16.2. The van der Waals surface area contributed by atoms with Gasteiger partial charge in [0.1, 0.15) is 0 Å². The maximum Gasteiger partial charge on any atom is 0.243 e. The second-order valence-corrected chi connectivity index (χ2v) is 9.49. The van der Waals surface area contributed by atoms with Crippen molar-refractivity contribution >= 4 is 10.0 Å². The van der Waals surface area contributed by atoms with Crippen molar-refractivity contribution in [3.8, 4) is 0 Å². The van der Waals surface area contributed by atoms with Crippen LogP contribution in [0.25, 0.3) is 0 Å². The van der Waals surface area contributed by atoms with E-state index < -0.39 is 10.0 Å². The molecule has 0 bridgehead atoms. The largest absolute Gasteiger partial charge is 0.243 e. The molecule has 0 aliphatic carbocycles. The Morgan fingerprint density at radius 3 is 2.08 bits per heavy atom. The van der Waals surface area contributed by atoms with Gasteiger partial charge in [0.05, 0.1) is 4.90 Å². The molecular weight excluding hydrogens is 318 g/mol. The number of benzene rings is 2. The van der Waals surface area contributed by atoms with Crippen molar-refractivity contribution in [2.75, 3.05) is 7.05 Å². The topological polar surface area (TPSA) is 37.4 Å². The summed E-state index contributed by atoms with van der Waals surface area (Å²) in [5, 5.41) is 0. The van der Waals surface area contributed by atoms with E-state index in [-0.39, 0.29) is 5.41 Å². The number of hydrogen-bond donors (Lipinski definition) is 0. The van der Waals surface area contributed by atoms with Crippen LogP contribution in [0.3, 0.4) is 0 Å². The van der Waals surface area contributed by atoms with Crippen molar-refractivity contribution in [2.24, 2.45) is 0 Å². The lowest BCUT2D eigenvalue weighted by molar-refractivity contribution is 0.466. The van der Waals surface area contributed by atoms with Crippen molar-refractivity contribution in [3.05, 3.63) is 64.7 Å². The van der Waals surface area contributed by atoms with E-state index >= 15 is 0 Å². The third kappa shape index (κ3) is 4.05.